The molecule has 0 unspecified atom stereocenters. The van der Waals surface area contributed by atoms with Gasteiger partial charge in [-0.2, -0.15) is 0 Å². The Labute approximate surface area is 130 Å². The summed E-state index contributed by atoms with van der Waals surface area (Å²) in [5.74, 6) is 0. The number of rotatable bonds is 3. The van der Waals surface area contributed by atoms with Crippen LogP contribution in [0.1, 0.15) is 0 Å². The molecule has 0 atom stereocenters. The first kappa shape index (κ1) is 14.7. The van der Waals surface area contributed by atoms with Crippen LogP contribution in [0.2, 0.25) is 0 Å². The van der Waals surface area contributed by atoms with E-state index in [1.807, 2.05) is 54.7 Å². The zero-order chi connectivity index (χ0) is 15.4. The molecule has 0 bridgehead atoms. The number of anilines is 2. The molecule has 5 nitrogen and oxygen atoms in total. The Bertz CT molecular complexity index is 867. The number of fused-ring (bicyclic) bond motifs is 1. The van der Waals surface area contributed by atoms with Crippen LogP contribution in [-0.2, 0) is 0 Å². The zero-order valence-corrected chi connectivity index (χ0v) is 13.4. The molecule has 0 aliphatic heterocycles. The molecular weight excluding hydrogens is 314 g/mol. The van der Waals surface area contributed by atoms with Gasteiger partial charge in [-0.1, -0.05) is 0 Å². The van der Waals surface area contributed by atoms with E-state index in [1.165, 1.54) is 0 Å². The fourth-order valence-electron chi connectivity index (χ4n) is 2.09. The molecule has 0 aliphatic carbocycles. The number of hydrogen-bond donors (Lipinski definition) is 3. The molecule has 0 aliphatic rings. The summed E-state index contributed by atoms with van der Waals surface area (Å²) in [7, 11) is 4.03. The Balaban J connectivity index is 1.67. The van der Waals surface area contributed by atoms with Crippen molar-refractivity contribution < 1.29 is 4.79 Å². The number of H-pyrrole nitrogens is 1. The summed E-state index contributed by atoms with van der Waals surface area (Å²) in [5.41, 5.74) is 3.28. The standard InChI is InChI=1S/C15H12N4OP2/c20-15(17-11-3-5-12(6-4-11)19-22-21)18-13-2-1-10-7-8-16-14(10)9-13/h1-9,16,21H,(H-,17,18,20)/p+1. The third-order valence-electron chi connectivity index (χ3n) is 3.10. The van der Waals surface area contributed by atoms with E-state index in [0.29, 0.717) is 5.69 Å². The topological polar surface area (TPSA) is 69.3 Å². The van der Waals surface area contributed by atoms with Crippen LogP contribution >= 0.6 is 16.2 Å². The van der Waals surface area contributed by atoms with Crippen LogP contribution in [0.4, 0.5) is 21.9 Å². The second-order valence-electron chi connectivity index (χ2n) is 4.61. The van der Waals surface area contributed by atoms with Gasteiger partial charge in [0.15, 0.2) is 0 Å². The Morgan fingerprint density at radius 2 is 1.77 bits per heavy atom. The molecule has 1 aromatic heterocycles. The van der Waals surface area contributed by atoms with E-state index in [4.69, 9.17) is 0 Å². The molecule has 0 saturated carbocycles. The van der Waals surface area contributed by atoms with Crippen LogP contribution < -0.4 is 10.6 Å². The molecule has 0 fully saturated rings. The summed E-state index contributed by atoms with van der Waals surface area (Å²) in [5, 5.41) is 6.70. The van der Waals surface area contributed by atoms with E-state index >= 15 is 0 Å². The molecule has 108 valence electrons. The maximum absolute atomic E-state index is 12.0. The Morgan fingerprint density at radius 1 is 1.05 bits per heavy atom. The summed E-state index contributed by atoms with van der Waals surface area (Å²) in [6.45, 7) is 0. The number of urea groups is 1. The van der Waals surface area contributed by atoms with Gasteiger partial charge in [0.05, 0.1) is 0 Å². The van der Waals surface area contributed by atoms with Crippen molar-refractivity contribution in [1.82, 2.24) is 4.98 Å². The van der Waals surface area contributed by atoms with E-state index in [-0.39, 0.29) is 6.03 Å². The number of nitrogens with zero attached hydrogens (tertiary/aromatic N) is 1. The quantitative estimate of drug-likeness (QED) is 0.536. The maximum atomic E-state index is 12.0. The second kappa shape index (κ2) is 6.69. The van der Waals surface area contributed by atoms with Crippen molar-refractivity contribution in [2.24, 2.45) is 4.74 Å². The van der Waals surface area contributed by atoms with Crippen molar-refractivity contribution in [3.8, 4) is 0 Å². The van der Waals surface area contributed by atoms with E-state index in [9.17, 15) is 4.79 Å². The van der Waals surface area contributed by atoms with Gasteiger partial charge in [-0.3, -0.25) is 0 Å². The van der Waals surface area contributed by atoms with Crippen molar-refractivity contribution >= 4 is 50.2 Å². The molecule has 1 heterocycles. The molecule has 0 radical (unpaired) electrons. The fourth-order valence-corrected chi connectivity index (χ4v) is 2.68. The number of aromatic amines is 1. The fraction of sp³-hybridized carbons (Fsp3) is 0. The molecule has 0 saturated heterocycles. The predicted molar refractivity (Wildman–Crippen MR) is 94.7 cm³/mol. The molecule has 22 heavy (non-hydrogen) atoms. The van der Waals surface area contributed by atoms with Gasteiger partial charge in [0.2, 0.25) is 0 Å². The minimum atomic E-state index is -0.283. The normalized spacial score (nSPS) is 10.2. The van der Waals surface area contributed by atoms with Gasteiger partial charge < -0.3 is 0 Å². The number of amides is 2. The van der Waals surface area contributed by atoms with E-state index in [1.54, 1.807) is 0 Å². The molecule has 3 N–H and O–H groups in total. The third-order valence-corrected chi connectivity index (χ3v) is 3.73. The predicted octanol–water partition coefficient (Wildman–Crippen LogP) is 5.63. The number of aromatic nitrogens is 1. The Kier molecular flexibility index (Phi) is 4.47. The van der Waals surface area contributed by atoms with E-state index < -0.39 is 0 Å². The van der Waals surface area contributed by atoms with Crippen molar-refractivity contribution in [1.29, 1.82) is 0 Å². The van der Waals surface area contributed by atoms with Crippen LogP contribution in [0.5, 0.6) is 0 Å². The van der Waals surface area contributed by atoms with Crippen molar-refractivity contribution in [3.63, 3.8) is 0 Å². The minimum absolute atomic E-state index is 0.283. The van der Waals surface area contributed by atoms with Crippen LogP contribution in [0.3, 0.4) is 0 Å². The van der Waals surface area contributed by atoms with Gasteiger partial charge in [-0.05, 0) is 6.07 Å². The monoisotopic (exact) mass is 327 g/mol. The molecular formula is C15H13N4OP2+. The SMILES string of the molecule is O=C(Nc1ccc(N=[P+]=P)cc1)Nc1ccc2cc[nH]c2c1. The van der Waals surface area contributed by atoms with Crippen molar-refractivity contribution in [2.75, 3.05) is 10.6 Å². The third kappa shape index (κ3) is 3.51. The number of hydrogen-bond acceptors (Lipinski definition) is 2. The molecule has 3 aromatic rings. The van der Waals surface area contributed by atoms with Crippen LogP contribution in [0.25, 0.3) is 10.9 Å². The second-order valence-corrected chi connectivity index (χ2v) is 5.61. The number of benzene rings is 2. The van der Waals surface area contributed by atoms with Gasteiger partial charge in [0, 0.05) is 6.20 Å². The van der Waals surface area contributed by atoms with Gasteiger partial charge >= 0.3 is 118 Å². The molecule has 3 rings (SSSR count). The Hall–Kier alpha value is -2.22. The summed E-state index contributed by atoms with van der Waals surface area (Å²) < 4.78 is 4.17. The average molecular weight is 327 g/mol. The van der Waals surface area contributed by atoms with E-state index in [0.717, 1.165) is 29.9 Å². The van der Waals surface area contributed by atoms with Gasteiger partial charge in [-0.25, -0.2) is 0 Å². The summed E-state index contributed by atoms with van der Waals surface area (Å²) in [6.07, 6.45) is 1.87. The van der Waals surface area contributed by atoms with Gasteiger partial charge in [0.25, 0.3) is 0 Å². The molecule has 2 aromatic carbocycles. The van der Waals surface area contributed by atoms with Crippen molar-refractivity contribution in [3.05, 3.63) is 54.7 Å². The number of carbonyl (C=O) groups is 1. The zero-order valence-electron chi connectivity index (χ0n) is 11.5. The summed E-state index contributed by atoms with van der Waals surface area (Å²) in [4.78, 5) is 15.1. The van der Waals surface area contributed by atoms with Gasteiger partial charge in [-0.15, -0.1) is 0 Å². The van der Waals surface area contributed by atoms with Gasteiger partial charge in [0.1, 0.15) is 0 Å². The molecule has 7 heteroatoms. The summed E-state index contributed by atoms with van der Waals surface area (Å²) >= 11 is 0. The first-order valence-electron chi connectivity index (χ1n) is 6.57. The number of nitrogens with one attached hydrogen (secondary N) is 3. The average Bonchev–Trinajstić information content (AvgIpc) is 2.97. The first-order valence-corrected chi connectivity index (χ1v) is 8.76. The van der Waals surface area contributed by atoms with Crippen LogP contribution in [0.15, 0.2) is 59.5 Å². The first-order chi connectivity index (χ1) is 10.7. The van der Waals surface area contributed by atoms with Crippen molar-refractivity contribution in [2.45, 2.75) is 0 Å². The molecule has 2 amide bonds. The van der Waals surface area contributed by atoms with Crippen LogP contribution in [0, 0.1) is 0 Å². The molecule has 0 spiro atoms. The van der Waals surface area contributed by atoms with E-state index in [2.05, 4.69) is 28.9 Å². The number of carbonyl (C=O) groups excluding carboxylic acids is 1. The van der Waals surface area contributed by atoms with Crippen LogP contribution in [-0.4, -0.2) is 11.0 Å². The summed E-state index contributed by atoms with van der Waals surface area (Å²) in [6, 6.07) is 14.7. The Morgan fingerprint density at radius 3 is 2.55 bits per heavy atom.